The van der Waals surface area contributed by atoms with Gasteiger partial charge in [-0.05, 0) is 42.1 Å². The topological polar surface area (TPSA) is 28.6 Å². The number of nitrogens with zero attached hydrogens (tertiary/aromatic N) is 3. The molecule has 1 atom stereocenters. The Kier molecular flexibility index (Phi) is 4.94. The molecule has 2 fully saturated rings. The Morgan fingerprint density at radius 2 is 1.92 bits per heavy atom. The monoisotopic (exact) mass is 343 g/mol. The Labute approximate surface area is 148 Å². The summed E-state index contributed by atoms with van der Waals surface area (Å²) in [6, 6.07) is 8.64. The molecule has 0 N–H and O–H groups in total. The molecule has 128 valence electrons. The second kappa shape index (κ2) is 7.31. The highest BCUT2D eigenvalue weighted by Crippen LogP contribution is 2.34. The van der Waals surface area contributed by atoms with E-state index in [1.165, 1.54) is 23.4 Å². The molecule has 1 spiro atoms. The highest BCUT2D eigenvalue weighted by Gasteiger charge is 2.41. The summed E-state index contributed by atoms with van der Waals surface area (Å²) < 4.78 is 6.01. The molecular formula is C19H25N3OS. The third-order valence-electron chi connectivity index (χ3n) is 5.15. The van der Waals surface area contributed by atoms with Crippen LogP contribution in [0, 0.1) is 5.41 Å². The Morgan fingerprint density at radius 1 is 1.08 bits per heavy atom. The van der Waals surface area contributed by atoms with Crippen molar-refractivity contribution in [3.05, 3.63) is 52.5 Å². The molecule has 2 aromatic heterocycles. The fraction of sp³-hybridized carbons (Fsp3) is 0.526. The van der Waals surface area contributed by atoms with Crippen LogP contribution in [0.15, 0.2) is 42.0 Å². The van der Waals surface area contributed by atoms with Crippen LogP contribution in [0.4, 0.5) is 0 Å². The van der Waals surface area contributed by atoms with Gasteiger partial charge in [0.1, 0.15) is 0 Å². The number of thiophene rings is 1. The third-order valence-corrected chi connectivity index (χ3v) is 6.01. The second-order valence-corrected chi connectivity index (χ2v) is 8.19. The first-order chi connectivity index (χ1) is 11.8. The molecule has 0 aliphatic carbocycles. The first kappa shape index (κ1) is 16.2. The summed E-state index contributed by atoms with van der Waals surface area (Å²) >= 11 is 1.86. The van der Waals surface area contributed by atoms with Crippen LogP contribution in [0.5, 0.6) is 0 Å². The van der Waals surface area contributed by atoms with Crippen LogP contribution in [-0.2, 0) is 17.8 Å². The standard InChI is InChI=1S/C19H25N3OS/c1-2-18(24-11-1)13-21-8-5-19(14-21)15-22(9-10-23-16-19)12-17-3-6-20-7-4-17/h1-4,6-7,11H,5,8-10,12-16H2/t19-/m1/s1. The number of likely N-dealkylation sites (tertiary alicyclic amines) is 1. The Balaban J connectivity index is 1.40. The van der Waals surface area contributed by atoms with Gasteiger partial charge in [0.05, 0.1) is 13.2 Å². The first-order valence-electron chi connectivity index (χ1n) is 8.75. The van der Waals surface area contributed by atoms with E-state index < -0.39 is 0 Å². The third kappa shape index (κ3) is 3.86. The van der Waals surface area contributed by atoms with E-state index in [2.05, 4.69) is 44.4 Å². The minimum Gasteiger partial charge on any atom is -0.379 e. The molecule has 0 aromatic carbocycles. The van der Waals surface area contributed by atoms with Crippen LogP contribution >= 0.6 is 11.3 Å². The molecule has 2 saturated heterocycles. The second-order valence-electron chi connectivity index (χ2n) is 7.16. The maximum Gasteiger partial charge on any atom is 0.0593 e. The number of rotatable bonds is 4. The molecule has 0 saturated carbocycles. The summed E-state index contributed by atoms with van der Waals surface area (Å²) in [5.74, 6) is 0. The highest BCUT2D eigenvalue weighted by molar-refractivity contribution is 7.09. The lowest BCUT2D eigenvalue weighted by atomic mass is 9.87. The van der Waals surface area contributed by atoms with Crippen molar-refractivity contribution in [3.63, 3.8) is 0 Å². The quantitative estimate of drug-likeness (QED) is 0.853. The molecule has 0 radical (unpaired) electrons. The number of hydrogen-bond donors (Lipinski definition) is 0. The summed E-state index contributed by atoms with van der Waals surface area (Å²) in [7, 11) is 0. The van der Waals surface area contributed by atoms with Crippen molar-refractivity contribution in [2.45, 2.75) is 19.5 Å². The number of pyridine rings is 1. The zero-order valence-corrected chi connectivity index (χ0v) is 14.9. The summed E-state index contributed by atoms with van der Waals surface area (Å²) in [4.78, 5) is 10.8. The predicted octanol–water partition coefficient (Wildman–Crippen LogP) is 2.87. The minimum atomic E-state index is 0.292. The lowest BCUT2D eigenvalue weighted by Crippen LogP contribution is -2.40. The van der Waals surface area contributed by atoms with Gasteiger partial charge in [-0.3, -0.25) is 14.8 Å². The number of ether oxygens (including phenoxy) is 1. The lowest BCUT2D eigenvalue weighted by Gasteiger charge is -2.32. The lowest BCUT2D eigenvalue weighted by molar-refractivity contribution is 0.0707. The minimum absolute atomic E-state index is 0.292. The van der Waals surface area contributed by atoms with E-state index in [4.69, 9.17) is 4.74 Å². The van der Waals surface area contributed by atoms with Gasteiger partial charge >= 0.3 is 0 Å². The van der Waals surface area contributed by atoms with E-state index in [1.54, 1.807) is 0 Å². The van der Waals surface area contributed by atoms with Crippen molar-refractivity contribution < 1.29 is 4.74 Å². The summed E-state index contributed by atoms with van der Waals surface area (Å²) in [5, 5.41) is 2.17. The van der Waals surface area contributed by atoms with Gasteiger partial charge in [-0.1, -0.05) is 6.07 Å². The zero-order valence-electron chi connectivity index (χ0n) is 14.1. The molecular weight excluding hydrogens is 318 g/mol. The van der Waals surface area contributed by atoms with Crippen molar-refractivity contribution in [3.8, 4) is 0 Å². The van der Waals surface area contributed by atoms with Gasteiger partial charge in [-0.15, -0.1) is 11.3 Å². The van der Waals surface area contributed by atoms with E-state index in [9.17, 15) is 0 Å². The van der Waals surface area contributed by atoms with Crippen molar-refractivity contribution in [2.75, 3.05) is 39.4 Å². The van der Waals surface area contributed by atoms with Gasteiger partial charge in [-0.2, -0.15) is 0 Å². The molecule has 2 aliphatic heterocycles. The van der Waals surface area contributed by atoms with E-state index in [1.807, 2.05) is 23.7 Å². The molecule has 4 heterocycles. The van der Waals surface area contributed by atoms with Crippen molar-refractivity contribution in [1.82, 2.24) is 14.8 Å². The van der Waals surface area contributed by atoms with Crippen LogP contribution in [0.3, 0.4) is 0 Å². The maximum atomic E-state index is 6.01. The molecule has 2 aromatic rings. The van der Waals surface area contributed by atoms with Gasteiger partial charge in [0.2, 0.25) is 0 Å². The van der Waals surface area contributed by atoms with Gasteiger partial charge in [-0.25, -0.2) is 0 Å². The van der Waals surface area contributed by atoms with Gasteiger partial charge in [0, 0.05) is 55.4 Å². The SMILES string of the molecule is c1csc(CN2CC[C@@]3(COCCN(Cc4ccncc4)C3)C2)c1. The van der Waals surface area contributed by atoms with Crippen LogP contribution < -0.4 is 0 Å². The number of hydrogen-bond acceptors (Lipinski definition) is 5. The molecule has 0 bridgehead atoms. The van der Waals surface area contributed by atoms with Gasteiger partial charge < -0.3 is 4.74 Å². The fourth-order valence-electron chi connectivity index (χ4n) is 4.00. The predicted molar refractivity (Wildman–Crippen MR) is 97.0 cm³/mol. The summed E-state index contributed by atoms with van der Waals surface area (Å²) in [6.45, 7) is 8.33. The summed E-state index contributed by atoms with van der Waals surface area (Å²) in [5.41, 5.74) is 1.64. The Bertz CT molecular complexity index is 633. The largest absolute Gasteiger partial charge is 0.379 e. The maximum absolute atomic E-state index is 6.01. The smallest absolute Gasteiger partial charge is 0.0593 e. The summed E-state index contributed by atoms with van der Waals surface area (Å²) in [6.07, 6.45) is 5.01. The zero-order chi connectivity index (χ0) is 16.2. The van der Waals surface area contributed by atoms with Crippen LogP contribution in [0.2, 0.25) is 0 Å². The molecule has 4 nitrogen and oxygen atoms in total. The van der Waals surface area contributed by atoms with Crippen LogP contribution in [-0.4, -0.2) is 54.2 Å². The van der Waals surface area contributed by atoms with Crippen LogP contribution in [0.1, 0.15) is 16.9 Å². The van der Waals surface area contributed by atoms with E-state index in [-0.39, 0.29) is 0 Å². The van der Waals surface area contributed by atoms with Crippen molar-refractivity contribution in [1.29, 1.82) is 0 Å². The van der Waals surface area contributed by atoms with Crippen LogP contribution in [0.25, 0.3) is 0 Å². The van der Waals surface area contributed by atoms with Crippen molar-refractivity contribution >= 4 is 11.3 Å². The first-order valence-corrected chi connectivity index (χ1v) is 9.63. The van der Waals surface area contributed by atoms with E-state index >= 15 is 0 Å². The fourth-order valence-corrected chi connectivity index (χ4v) is 4.74. The normalized spacial score (nSPS) is 26.0. The Morgan fingerprint density at radius 3 is 2.71 bits per heavy atom. The number of aromatic nitrogens is 1. The molecule has 24 heavy (non-hydrogen) atoms. The average Bonchev–Trinajstić information content (AvgIpc) is 3.19. The highest BCUT2D eigenvalue weighted by atomic mass is 32.1. The molecule has 4 rings (SSSR count). The van der Waals surface area contributed by atoms with Gasteiger partial charge in [0.25, 0.3) is 0 Å². The Hall–Kier alpha value is -1.27. The van der Waals surface area contributed by atoms with E-state index in [0.717, 1.165) is 45.9 Å². The van der Waals surface area contributed by atoms with Crippen molar-refractivity contribution in [2.24, 2.45) is 5.41 Å². The average molecular weight is 343 g/mol. The van der Waals surface area contributed by atoms with E-state index in [0.29, 0.717) is 5.41 Å². The van der Waals surface area contributed by atoms with Gasteiger partial charge in [0.15, 0.2) is 0 Å². The molecule has 0 unspecified atom stereocenters. The molecule has 2 aliphatic rings. The molecule has 5 heteroatoms. The molecule has 0 amide bonds.